The number of aromatic nitrogens is 1. The fourth-order valence-electron chi connectivity index (χ4n) is 1.38. The van der Waals surface area contributed by atoms with Crippen LogP contribution in [-0.4, -0.2) is 43.0 Å². The summed E-state index contributed by atoms with van der Waals surface area (Å²) in [5, 5.41) is 8.99. The third-order valence-electron chi connectivity index (χ3n) is 2.41. The van der Waals surface area contributed by atoms with E-state index in [1.165, 1.54) is 4.90 Å². The molecular formula is C12H16N4O. The van der Waals surface area contributed by atoms with Crippen molar-refractivity contribution in [3.63, 3.8) is 0 Å². The Balaban J connectivity index is 2.95. The zero-order valence-electron chi connectivity index (χ0n) is 10.3. The number of carbonyl (C=O) groups is 1. The molecule has 1 amide bonds. The van der Waals surface area contributed by atoms with Crippen LogP contribution in [0.2, 0.25) is 0 Å². The van der Waals surface area contributed by atoms with Gasteiger partial charge in [-0.1, -0.05) is 0 Å². The maximum Gasteiger partial charge on any atom is 0.241 e. The molecule has 90 valence electrons. The van der Waals surface area contributed by atoms with Gasteiger partial charge in [0.05, 0.1) is 12.1 Å². The van der Waals surface area contributed by atoms with Gasteiger partial charge in [-0.25, -0.2) is 4.98 Å². The monoisotopic (exact) mass is 232 g/mol. The average molecular weight is 232 g/mol. The molecule has 0 aromatic carbocycles. The molecule has 0 saturated carbocycles. The van der Waals surface area contributed by atoms with Crippen molar-refractivity contribution in [2.45, 2.75) is 6.92 Å². The van der Waals surface area contributed by atoms with E-state index in [0.717, 1.165) is 0 Å². The Bertz CT molecular complexity index is 436. The standard InChI is InChI=1S/C12H16N4O/c1-4-16(9-11(17)15(2)3)12-10(8-13)6-5-7-14-12/h5-7H,4,9H2,1-3H3. The molecule has 0 aliphatic rings. The van der Waals surface area contributed by atoms with Crippen LogP contribution < -0.4 is 4.90 Å². The van der Waals surface area contributed by atoms with E-state index in [-0.39, 0.29) is 12.5 Å². The Morgan fingerprint density at radius 2 is 2.24 bits per heavy atom. The molecule has 17 heavy (non-hydrogen) atoms. The molecular weight excluding hydrogens is 216 g/mol. The van der Waals surface area contributed by atoms with Gasteiger partial charge in [0, 0.05) is 26.8 Å². The number of hydrogen-bond donors (Lipinski definition) is 0. The SMILES string of the molecule is CCN(CC(=O)N(C)C)c1ncccc1C#N. The zero-order chi connectivity index (χ0) is 12.8. The predicted octanol–water partition coefficient (Wildman–Crippen LogP) is 0.868. The topological polar surface area (TPSA) is 60.2 Å². The van der Waals surface area contributed by atoms with E-state index >= 15 is 0 Å². The lowest BCUT2D eigenvalue weighted by molar-refractivity contribution is -0.127. The van der Waals surface area contributed by atoms with Crippen LogP contribution in [0, 0.1) is 11.3 Å². The second-order valence-corrected chi connectivity index (χ2v) is 3.79. The Morgan fingerprint density at radius 1 is 1.53 bits per heavy atom. The van der Waals surface area contributed by atoms with Crippen molar-refractivity contribution < 1.29 is 4.79 Å². The van der Waals surface area contributed by atoms with Gasteiger partial charge in [-0.15, -0.1) is 0 Å². The highest BCUT2D eigenvalue weighted by atomic mass is 16.2. The number of likely N-dealkylation sites (N-methyl/N-ethyl adjacent to an activating group) is 2. The summed E-state index contributed by atoms with van der Waals surface area (Å²) in [6, 6.07) is 5.50. The fraction of sp³-hybridized carbons (Fsp3) is 0.417. The van der Waals surface area contributed by atoms with E-state index in [1.807, 2.05) is 6.92 Å². The highest BCUT2D eigenvalue weighted by molar-refractivity contribution is 5.81. The summed E-state index contributed by atoms with van der Waals surface area (Å²) < 4.78 is 0. The second-order valence-electron chi connectivity index (χ2n) is 3.79. The molecule has 0 spiro atoms. The largest absolute Gasteiger partial charge is 0.347 e. The van der Waals surface area contributed by atoms with Crippen LogP contribution >= 0.6 is 0 Å². The average Bonchev–Trinajstić information content (AvgIpc) is 2.35. The Kier molecular flexibility index (Phi) is 4.46. The molecule has 0 fully saturated rings. The van der Waals surface area contributed by atoms with Crippen molar-refractivity contribution in [2.24, 2.45) is 0 Å². The summed E-state index contributed by atoms with van der Waals surface area (Å²) in [4.78, 5) is 19.1. The molecule has 1 rings (SSSR count). The summed E-state index contributed by atoms with van der Waals surface area (Å²) in [6.07, 6.45) is 1.62. The van der Waals surface area contributed by atoms with Gasteiger partial charge in [0.1, 0.15) is 11.9 Å². The molecule has 0 bridgehead atoms. The van der Waals surface area contributed by atoms with Gasteiger partial charge in [0.15, 0.2) is 0 Å². The van der Waals surface area contributed by atoms with Crippen LogP contribution in [-0.2, 0) is 4.79 Å². The number of pyridine rings is 1. The molecule has 1 aromatic heterocycles. The molecule has 0 atom stereocenters. The van der Waals surface area contributed by atoms with Gasteiger partial charge in [0.25, 0.3) is 0 Å². The minimum absolute atomic E-state index is 0.0126. The van der Waals surface area contributed by atoms with Crippen molar-refractivity contribution in [1.29, 1.82) is 5.26 Å². The normalized spacial score (nSPS) is 9.53. The van der Waals surface area contributed by atoms with E-state index < -0.39 is 0 Å². The van der Waals surface area contributed by atoms with Crippen molar-refractivity contribution in [3.05, 3.63) is 23.9 Å². The van der Waals surface area contributed by atoms with Crippen LogP contribution in [0.5, 0.6) is 0 Å². The third-order valence-corrected chi connectivity index (χ3v) is 2.41. The molecule has 0 radical (unpaired) electrons. The number of rotatable bonds is 4. The Morgan fingerprint density at radius 3 is 2.76 bits per heavy atom. The molecule has 0 aliphatic heterocycles. The number of anilines is 1. The van der Waals surface area contributed by atoms with Crippen LogP contribution in [0.4, 0.5) is 5.82 Å². The molecule has 0 saturated heterocycles. The number of amides is 1. The van der Waals surface area contributed by atoms with Crippen molar-refractivity contribution >= 4 is 11.7 Å². The second kappa shape index (κ2) is 5.85. The first-order valence-corrected chi connectivity index (χ1v) is 5.40. The van der Waals surface area contributed by atoms with Crippen molar-refractivity contribution in [2.75, 3.05) is 32.1 Å². The Labute approximate surface area is 101 Å². The van der Waals surface area contributed by atoms with E-state index in [4.69, 9.17) is 5.26 Å². The Hall–Kier alpha value is -2.09. The van der Waals surface area contributed by atoms with E-state index in [9.17, 15) is 4.79 Å². The van der Waals surface area contributed by atoms with Crippen LogP contribution in [0.3, 0.4) is 0 Å². The summed E-state index contributed by atoms with van der Waals surface area (Å²) in [5.41, 5.74) is 0.487. The molecule has 5 heteroatoms. The number of nitriles is 1. The van der Waals surface area contributed by atoms with E-state index in [1.54, 1.807) is 37.3 Å². The number of hydrogen-bond acceptors (Lipinski definition) is 4. The molecule has 0 N–H and O–H groups in total. The van der Waals surface area contributed by atoms with Gasteiger partial charge in [-0.05, 0) is 19.1 Å². The zero-order valence-corrected chi connectivity index (χ0v) is 10.3. The van der Waals surface area contributed by atoms with Crippen LogP contribution in [0.15, 0.2) is 18.3 Å². The lowest BCUT2D eigenvalue weighted by Crippen LogP contribution is -2.37. The number of carbonyl (C=O) groups excluding carboxylic acids is 1. The van der Waals surface area contributed by atoms with E-state index in [2.05, 4.69) is 11.1 Å². The first-order chi connectivity index (χ1) is 8.10. The highest BCUT2D eigenvalue weighted by Gasteiger charge is 2.15. The minimum atomic E-state index is -0.0126. The van der Waals surface area contributed by atoms with Gasteiger partial charge in [-0.2, -0.15) is 5.26 Å². The van der Waals surface area contributed by atoms with Crippen LogP contribution in [0.25, 0.3) is 0 Å². The summed E-state index contributed by atoms with van der Waals surface area (Å²) >= 11 is 0. The first-order valence-electron chi connectivity index (χ1n) is 5.40. The maximum absolute atomic E-state index is 11.7. The van der Waals surface area contributed by atoms with Gasteiger partial charge < -0.3 is 9.80 Å². The fourth-order valence-corrected chi connectivity index (χ4v) is 1.38. The van der Waals surface area contributed by atoms with Gasteiger partial charge in [-0.3, -0.25) is 4.79 Å². The quantitative estimate of drug-likeness (QED) is 0.772. The van der Waals surface area contributed by atoms with Gasteiger partial charge >= 0.3 is 0 Å². The number of nitrogens with zero attached hydrogens (tertiary/aromatic N) is 4. The molecule has 5 nitrogen and oxygen atoms in total. The van der Waals surface area contributed by atoms with E-state index in [0.29, 0.717) is 17.9 Å². The third kappa shape index (κ3) is 3.18. The van der Waals surface area contributed by atoms with Crippen molar-refractivity contribution in [1.82, 2.24) is 9.88 Å². The summed E-state index contributed by atoms with van der Waals surface area (Å²) in [6.45, 7) is 2.79. The minimum Gasteiger partial charge on any atom is -0.347 e. The highest BCUT2D eigenvalue weighted by Crippen LogP contribution is 2.15. The first kappa shape index (κ1) is 13.0. The van der Waals surface area contributed by atoms with Gasteiger partial charge in [0.2, 0.25) is 5.91 Å². The molecule has 1 heterocycles. The lowest BCUT2D eigenvalue weighted by Gasteiger charge is -2.23. The lowest BCUT2D eigenvalue weighted by atomic mass is 10.2. The molecule has 1 aromatic rings. The maximum atomic E-state index is 11.7. The smallest absolute Gasteiger partial charge is 0.241 e. The van der Waals surface area contributed by atoms with Crippen LogP contribution in [0.1, 0.15) is 12.5 Å². The summed E-state index contributed by atoms with van der Waals surface area (Å²) in [7, 11) is 3.42. The summed E-state index contributed by atoms with van der Waals surface area (Å²) in [5.74, 6) is 0.550. The molecule has 0 unspecified atom stereocenters. The molecule has 0 aliphatic carbocycles. The van der Waals surface area contributed by atoms with Crippen molar-refractivity contribution in [3.8, 4) is 6.07 Å². The predicted molar refractivity (Wildman–Crippen MR) is 65.5 cm³/mol.